The summed E-state index contributed by atoms with van der Waals surface area (Å²) in [6.07, 6.45) is 2.20. The van der Waals surface area contributed by atoms with E-state index < -0.39 is 0 Å². The maximum absolute atomic E-state index is 8.40. The van der Waals surface area contributed by atoms with Crippen molar-refractivity contribution in [3.63, 3.8) is 0 Å². The van der Waals surface area contributed by atoms with E-state index in [9.17, 15) is 0 Å². The minimum atomic E-state index is -0.157. The molecule has 0 aliphatic carbocycles. The van der Waals surface area contributed by atoms with Crippen molar-refractivity contribution in [2.45, 2.75) is 33.6 Å². The molecule has 0 aromatic heterocycles. The van der Waals surface area contributed by atoms with Gasteiger partial charge in [0.2, 0.25) is 0 Å². The van der Waals surface area contributed by atoms with E-state index in [-0.39, 0.29) is 12.2 Å². The quantitative estimate of drug-likeness (QED) is 0.599. The highest BCUT2D eigenvalue weighted by atomic mass is 16.6. The van der Waals surface area contributed by atoms with Crippen molar-refractivity contribution in [3.8, 4) is 0 Å². The van der Waals surface area contributed by atoms with E-state index in [4.69, 9.17) is 9.84 Å². The van der Waals surface area contributed by atoms with E-state index in [0.717, 1.165) is 12.8 Å². The molecule has 0 aliphatic heterocycles. The molecule has 0 aliphatic rings. The van der Waals surface area contributed by atoms with Crippen LogP contribution in [0.1, 0.15) is 33.6 Å². The van der Waals surface area contributed by atoms with Crippen molar-refractivity contribution in [2.24, 2.45) is 5.41 Å². The summed E-state index contributed by atoms with van der Waals surface area (Å²) in [6, 6.07) is 0. The van der Waals surface area contributed by atoms with E-state index in [1.165, 1.54) is 0 Å². The Bertz CT molecular complexity index is 77.3. The van der Waals surface area contributed by atoms with Crippen LogP contribution >= 0.6 is 0 Å². The van der Waals surface area contributed by atoms with Crippen LogP contribution in [0.15, 0.2) is 0 Å². The predicted octanol–water partition coefficient (Wildman–Crippen LogP) is 1.78. The topological polar surface area (TPSA) is 29.5 Å². The van der Waals surface area contributed by atoms with E-state index >= 15 is 0 Å². The number of hydrogen-bond donors (Lipinski definition) is 1. The molecule has 2 heteroatoms. The summed E-state index contributed by atoms with van der Waals surface area (Å²) in [6.45, 7) is 6.96. The number of aliphatic hydroxyl groups excluding tert-OH is 1. The smallest absolute Gasteiger partial charge is 0.143 e. The maximum atomic E-state index is 8.40. The van der Waals surface area contributed by atoms with Crippen molar-refractivity contribution < 1.29 is 9.84 Å². The predicted molar refractivity (Wildman–Crippen MR) is 41.7 cm³/mol. The molecule has 0 radical (unpaired) electrons. The number of ether oxygens (including phenoxy) is 1. The molecule has 0 saturated carbocycles. The monoisotopic (exact) mass is 146 g/mol. The molecular formula is C8H18O2. The molecular weight excluding hydrogens is 128 g/mol. The summed E-state index contributed by atoms with van der Waals surface area (Å²) in [5, 5.41) is 8.40. The lowest BCUT2D eigenvalue weighted by atomic mass is 9.86. The highest BCUT2D eigenvalue weighted by molar-refractivity contribution is 4.69. The summed E-state index contributed by atoms with van der Waals surface area (Å²) in [7, 11) is 0. The molecule has 2 nitrogen and oxygen atoms in total. The molecule has 0 amide bonds. The molecule has 0 fully saturated rings. The van der Waals surface area contributed by atoms with Crippen LogP contribution in [0.3, 0.4) is 0 Å². The van der Waals surface area contributed by atoms with Gasteiger partial charge in [-0.3, -0.25) is 0 Å². The van der Waals surface area contributed by atoms with Crippen molar-refractivity contribution in [3.05, 3.63) is 0 Å². The largest absolute Gasteiger partial charge is 0.371 e. The first kappa shape index (κ1) is 9.92. The van der Waals surface area contributed by atoms with E-state index in [1.54, 1.807) is 0 Å². The van der Waals surface area contributed by atoms with Gasteiger partial charge in [0.25, 0.3) is 0 Å². The zero-order valence-corrected chi connectivity index (χ0v) is 7.18. The Hall–Kier alpha value is -0.0800. The van der Waals surface area contributed by atoms with Crippen molar-refractivity contribution in [2.75, 3.05) is 13.4 Å². The zero-order valence-electron chi connectivity index (χ0n) is 7.18. The average Bonchev–Trinajstić information content (AvgIpc) is 2.00. The van der Waals surface area contributed by atoms with Gasteiger partial charge in [-0.05, 0) is 18.3 Å². The lowest BCUT2D eigenvalue weighted by Crippen LogP contribution is -2.21. The SMILES string of the molecule is CCC(C)(CC)COCO. The minimum Gasteiger partial charge on any atom is -0.371 e. The lowest BCUT2D eigenvalue weighted by Gasteiger charge is -2.25. The number of rotatable bonds is 5. The molecule has 0 spiro atoms. The van der Waals surface area contributed by atoms with Gasteiger partial charge in [0.15, 0.2) is 0 Å². The van der Waals surface area contributed by atoms with Crippen LogP contribution in [-0.2, 0) is 4.74 Å². The first-order chi connectivity index (χ1) is 4.68. The Balaban J connectivity index is 3.58. The summed E-state index contributed by atoms with van der Waals surface area (Å²) < 4.78 is 4.94. The summed E-state index contributed by atoms with van der Waals surface area (Å²) in [5.74, 6) is 0. The van der Waals surface area contributed by atoms with E-state index in [2.05, 4.69) is 20.8 Å². The zero-order chi connectivity index (χ0) is 8.04. The van der Waals surface area contributed by atoms with Crippen LogP contribution in [0.5, 0.6) is 0 Å². The van der Waals surface area contributed by atoms with Crippen LogP contribution in [0.4, 0.5) is 0 Å². The Labute approximate surface area is 63.2 Å². The van der Waals surface area contributed by atoms with Crippen LogP contribution in [0.2, 0.25) is 0 Å². The van der Waals surface area contributed by atoms with Crippen LogP contribution < -0.4 is 0 Å². The molecule has 0 aromatic carbocycles. The fourth-order valence-electron chi connectivity index (χ4n) is 0.746. The molecule has 1 N–H and O–H groups in total. The number of aliphatic hydroxyl groups is 1. The maximum Gasteiger partial charge on any atom is 0.143 e. The molecule has 0 unspecified atom stereocenters. The summed E-state index contributed by atoms with van der Waals surface area (Å²) in [5.41, 5.74) is 0.253. The van der Waals surface area contributed by atoms with Crippen LogP contribution in [0, 0.1) is 5.41 Å². The Kier molecular flexibility index (Phi) is 4.65. The van der Waals surface area contributed by atoms with Gasteiger partial charge in [-0.1, -0.05) is 20.8 Å². The first-order valence-electron chi connectivity index (χ1n) is 3.87. The fourth-order valence-corrected chi connectivity index (χ4v) is 0.746. The molecule has 10 heavy (non-hydrogen) atoms. The van der Waals surface area contributed by atoms with E-state index in [1.807, 2.05) is 0 Å². The molecule has 0 aromatic rings. The van der Waals surface area contributed by atoms with E-state index in [0.29, 0.717) is 6.61 Å². The van der Waals surface area contributed by atoms with Gasteiger partial charge < -0.3 is 9.84 Å². The Morgan fingerprint density at radius 3 is 2.10 bits per heavy atom. The standard InChI is InChI=1S/C8H18O2/c1-4-8(3,5-2)6-10-7-9/h9H,4-7H2,1-3H3. The Morgan fingerprint density at radius 1 is 1.30 bits per heavy atom. The molecule has 0 rings (SSSR count). The normalized spacial score (nSPS) is 12.0. The fraction of sp³-hybridized carbons (Fsp3) is 1.00. The van der Waals surface area contributed by atoms with Gasteiger partial charge >= 0.3 is 0 Å². The second-order valence-corrected chi connectivity index (χ2v) is 3.00. The van der Waals surface area contributed by atoms with Crippen LogP contribution in [-0.4, -0.2) is 18.5 Å². The van der Waals surface area contributed by atoms with Gasteiger partial charge in [-0.2, -0.15) is 0 Å². The molecule has 0 saturated heterocycles. The first-order valence-corrected chi connectivity index (χ1v) is 3.87. The Morgan fingerprint density at radius 2 is 1.80 bits per heavy atom. The van der Waals surface area contributed by atoms with Gasteiger partial charge in [-0.25, -0.2) is 0 Å². The van der Waals surface area contributed by atoms with Gasteiger partial charge in [0, 0.05) is 0 Å². The van der Waals surface area contributed by atoms with Gasteiger partial charge in [0.1, 0.15) is 6.79 Å². The highest BCUT2D eigenvalue weighted by Crippen LogP contribution is 2.24. The molecule has 0 atom stereocenters. The van der Waals surface area contributed by atoms with Crippen molar-refractivity contribution >= 4 is 0 Å². The highest BCUT2D eigenvalue weighted by Gasteiger charge is 2.18. The van der Waals surface area contributed by atoms with Crippen LogP contribution in [0.25, 0.3) is 0 Å². The minimum absolute atomic E-state index is 0.157. The summed E-state index contributed by atoms with van der Waals surface area (Å²) in [4.78, 5) is 0. The average molecular weight is 146 g/mol. The second-order valence-electron chi connectivity index (χ2n) is 3.00. The van der Waals surface area contributed by atoms with Gasteiger partial charge in [-0.15, -0.1) is 0 Å². The molecule has 62 valence electrons. The molecule has 0 bridgehead atoms. The van der Waals surface area contributed by atoms with Crippen molar-refractivity contribution in [1.82, 2.24) is 0 Å². The summed E-state index contributed by atoms with van der Waals surface area (Å²) >= 11 is 0. The van der Waals surface area contributed by atoms with Gasteiger partial charge in [0.05, 0.1) is 6.61 Å². The van der Waals surface area contributed by atoms with Crippen molar-refractivity contribution in [1.29, 1.82) is 0 Å². The third kappa shape index (κ3) is 3.18. The second kappa shape index (κ2) is 4.69. The number of hydrogen-bond acceptors (Lipinski definition) is 2. The lowest BCUT2D eigenvalue weighted by molar-refractivity contribution is -0.0418. The third-order valence-electron chi connectivity index (χ3n) is 2.25. The third-order valence-corrected chi connectivity index (χ3v) is 2.25. The molecule has 0 heterocycles.